The van der Waals surface area contributed by atoms with Gasteiger partial charge in [0.05, 0.1) is 6.10 Å². The van der Waals surface area contributed by atoms with Gasteiger partial charge in [-0.3, -0.25) is 4.79 Å². The summed E-state index contributed by atoms with van der Waals surface area (Å²) in [4.78, 5) is 12.5. The number of rotatable bonds is 0. The topological polar surface area (TPSA) is 37.3 Å². The summed E-state index contributed by atoms with van der Waals surface area (Å²) in [5.41, 5.74) is 1.83. The molecule has 1 unspecified atom stereocenters. The number of hydrogen-bond acceptors (Lipinski definition) is 2. The van der Waals surface area contributed by atoms with Crippen LogP contribution in [-0.4, -0.2) is 17.0 Å². The second-order valence-corrected chi connectivity index (χ2v) is 5.16. The average molecular weight is 216 g/mol. The van der Waals surface area contributed by atoms with Crippen molar-refractivity contribution in [1.82, 2.24) is 0 Å². The number of carbonyl (C=O) groups is 1. The van der Waals surface area contributed by atoms with Crippen molar-refractivity contribution in [1.29, 1.82) is 0 Å². The number of fused-ring (bicyclic) bond motifs is 1. The lowest BCUT2D eigenvalue weighted by molar-refractivity contribution is 0.0726. The summed E-state index contributed by atoms with van der Waals surface area (Å²) in [6, 6.07) is 7.91. The predicted octanol–water partition coefficient (Wildman–Crippen LogP) is 2.35. The van der Waals surface area contributed by atoms with E-state index in [1.165, 1.54) is 5.56 Å². The second-order valence-electron chi connectivity index (χ2n) is 5.16. The van der Waals surface area contributed by atoms with Gasteiger partial charge < -0.3 is 5.11 Å². The zero-order valence-corrected chi connectivity index (χ0v) is 9.28. The third-order valence-corrected chi connectivity index (χ3v) is 4.20. The molecule has 16 heavy (non-hydrogen) atoms. The molecule has 3 rings (SSSR count). The Morgan fingerprint density at radius 3 is 2.81 bits per heavy atom. The number of ketones is 1. The molecule has 0 saturated heterocycles. The summed E-state index contributed by atoms with van der Waals surface area (Å²) < 4.78 is 0. The Labute approximate surface area is 95.3 Å². The van der Waals surface area contributed by atoms with E-state index in [0.717, 1.165) is 31.2 Å². The fourth-order valence-electron chi connectivity index (χ4n) is 3.26. The van der Waals surface area contributed by atoms with Crippen LogP contribution in [0.5, 0.6) is 0 Å². The number of benzene rings is 1. The molecule has 1 fully saturated rings. The highest BCUT2D eigenvalue weighted by atomic mass is 16.3. The Balaban J connectivity index is 2.01. The van der Waals surface area contributed by atoms with Gasteiger partial charge in [-0.1, -0.05) is 24.3 Å². The Morgan fingerprint density at radius 2 is 2.06 bits per heavy atom. The predicted molar refractivity (Wildman–Crippen MR) is 61.4 cm³/mol. The molecule has 1 spiro atoms. The summed E-state index contributed by atoms with van der Waals surface area (Å²) in [6.07, 6.45) is 3.94. The number of aliphatic hydroxyl groups is 1. The summed E-state index contributed by atoms with van der Waals surface area (Å²) in [6.45, 7) is 0. The zero-order valence-electron chi connectivity index (χ0n) is 9.28. The van der Waals surface area contributed by atoms with Crippen molar-refractivity contribution in [2.24, 2.45) is 5.41 Å². The Kier molecular flexibility index (Phi) is 2.15. The number of hydrogen-bond donors (Lipinski definition) is 1. The molecule has 0 aliphatic heterocycles. The monoisotopic (exact) mass is 216 g/mol. The lowest BCUT2D eigenvalue weighted by Gasteiger charge is -2.32. The van der Waals surface area contributed by atoms with E-state index in [9.17, 15) is 9.90 Å². The van der Waals surface area contributed by atoms with Gasteiger partial charge >= 0.3 is 0 Å². The first-order valence-corrected chi connectivity index (χ1v) is 6.02. The quantitative estimate of drug-likeness (QED) is 0.722. The minimum atomic E-state index is -0.269. The van der Waals surface area contributed by atoms with Crippen molar-refractivity contribution in [3.63, 3.8) is 0 Å². The second kappa shape index (κ2) is 3.42. The maximum absolute atomic E-state index is 12.5. The Bertz CT molecular complexity index is 438. The van der Waals surface area contributed by atoms with Crippen LogP contribution in [0.1, 0.15) is 41.6 Å². The molecular weight excluding hydrogens is 200 g/mol. The first kappa shape index (κ1) is 10.0. The first-order valence-electron chi connectivity index (χ1n) is 6.02. The number of aryl methyl sites for hydroxylation is 1. The number of aliphatic hydroxyl groups excluding tert-OH is 1. The first-order chi connectivity index (χ1) is 7.71. The van der Waals surface area contributed by atoms with Crippen LogP contribution in [0, 0.1) is 5.41 Å². The van der Waals surface area contributed by atoms with Gasteiger partial charge in [-0.15, -0.1) is 0 Å². The molecule has 0 radical (unpaired) electrons. The molecule has 2 nitrogen and oxygen atoms in total. The van der Waals surface area contributed by atoms with Crippen LogP contribution in [0.15, 0.2) is 24.3 Å². The van der Waals surface area contributed by atoms with Crippen LogP contribution < -0.4 is 0 Å². The van der Waals surface area contributed by atoms with E-state index in [2.05, 4.69) is 0 Å². The van der Waals surface area contributed by atoms with Crippen molar-refractivity contribution in [2.45, 2.75) is 38.2 Å². The van der Waals surface area contributed by atoms with E-state index < -0.39 is 0 Å². The Morgan fingerprint density at radius 1 is 1.25 bits per heavy atom. The molecule has 1 N–H and O–H groups in total. The molecule has 0 heterocycles. The Hall–Kier alpha value is -1.15. The third-order valence-electron chi connectivity index (χ3n) is 4.20. The highest BCUT2D eigenvalue weighted by Gasteiger charge is 2.46. The average Bonchev–Trinajstić information content (AvgIpc) is 2.68. The number of carbonyl (C=O) groups excluding carboxylic acids is 1. The molecule has 0 bridgehead atoms. The van der Waals surface area contributed by atoms with Gasteiger partial charge in [0.15, 0.2) is 5.78 Å². The van der Waals surface area contributed by atoms with Crippen molar-refractivity contribution >= 4 is 5.78 Å². The largest absolute Gasteiger partial charge is 0.393 e. The van der Waals surface area contributed by atoms with Crippen molar-refractivity contribution < 1.29 is 9.90 Å². The van der Waals surface area contributed by atoms with Crippen LogP contribution in [0.25, 0.3) is 0 Å². The standard InChI is InChI=1S/C14H16O2/c15-11-6-8-14(9-11)7-5-10-3-1-2-4-12(10)13(14)16/h1-4,11,15H,5-9H2/t11?,14-/m1/s1. The van der Waals surface area contributed by atoms with E-state index in [-0.39, 0.29) is 17.3 Å². The fourth-order valence-corrected chi connectivity index (χ4v) is 3.26. The van der Waals surface area contributed by atoms with Crippen molar-refractivity contribution in [2.75, 3.05) is 0 Å². The van der Waals surface area contributed by atoms with E-state index in [1.807, 2.05) is 24.3 Å². The minimum absolute atomic E-state index is 0.242. The van der Waals surface area contributed by atoms with Crippen molar-refractivity contribution in [3.05, 3.63) is 35.4 Å². The van der Waals surface area contributed by atoms with Gasteiger partial charge in [0.1, 0.15) is 0 Å². The molecule has 2 aliphatic rings. The van der Waals surface area contributed by atoms with Gasteiger partial charge in [-0.25, -0.2) is 0 Å². The molecule has 0 amide bonds. The van der Waals surface area contributed by atoms with Crippen LogP contribution in [0.4, 0.5) is 0 Å². The molecule has 1 saturated carbocycles. The number of Topliss-reactive ketones (excluding diaryl/α,β-unsaturated/α-hetero) is 1. The van der Waals surface area contributed by atoms with Crippen molar-refractivity contribution in [3.8, 4) is 0 Å². The minimum Gasteiger partial charge on any atom is -0.393 e. The van der Waals surface area contributed by atoms with Crippen LogP contribution >= 0.6 is 0 Å². The summed E-state index contributed by atoms with van der Waals surface area (Å²) in [5, 5.41) is 9.66. The smallest absolute Gasteiger partial charge is 0.169 e. The maximum Gasteiger partial charge on any atom is 0.169 e. The SMILES string of the molecule is O=C1c2ccccc2CC[C@]12CCC(O)C2. The molecular formula is C14H16O2. The highest BCUT2D eigenvalue weighted by Crippen LogP contribution is 2.47. The molecule has 1 aromatic carbocycles. The summed E-state index contributed by atoms with van der Waals surface area (Å²) >= 11 is 0. The van der Waals surface area contributed by atoms with Gasteiger partial charge in [0.2, 0.25) is 0 Å². The highest BCUT2D eigenvalue weighted by molar-refractivity contribution is 6.03. The van der Waals surface area contributed by atoms with Gasteiger partial charge in [0.25, 0.3) is 0 Å². The molecule has 84 valence electrons. The zero-order chi connectivity index (χ0) is 11.2. The molecule has 2 aliphatic carbocycles. The van der Waals surface area contributed by atoms with Gasteiger partial charge in [-0.05, 0) is 37.7 Å². The van der Waals surface area contributed by atoms with Crippen LogP contribution in [-0.2, 0) is 6.42 Å². The molecule has 2 heteroatoms. The van der Waals surface area contributed by atoms with Gasteiger partial charge in [0, 0.05) is 11.0 Å². The lowest BCUT2D eigenvalue weighted by Crippen LogP contribution is -2.34. The maximum atomic E-state index is 12.5. The van der Waals surface area contributed by atoms with Gasteiger partial charge in [-0.2, -0.15) is 0 Å². The van der Waals surface area contributed by atoms with E-state index in [1.54, 1.807) is 0 Å². The molecule has 0 aromatic heterocycles. The molecule has 1 aromatic rings. The van der Waals surface area contributed by atoms with Crippen LogP contribution in [0.2, 0.25) is 0 Å². The molecule has 2 atom stereocenters. The van der Waals surface area contributed by atoms with Crippen LogP contribution in [0.3, 0.4) is 0 Å². The van der Waals surface area contributed by atoms with E-state index in [0.29, 0.717) is 6.42 Å². The normalized spacial score (nSPS) is 33.1. The summed E-state index contributed by atoms with van der Waals surface area (Å²) in [5.74, 6) is 0.269. The van der Waals surface area contributed by atoms with E-state index in [4.69, 9.17) is 0 Å². The van der Waals surface area contributed by atoms with E-state index >= 15 is 0 Å². The summed E-state index contributed by atoms with van der Waals surface area (Å²) in [7, 11) is 0. The lowest BCUT2D eigenvalue weighted by atomic mass is 9.69. The fraction of sp³-hybridized carbons (Fsp3) is 0.500. The third kappa shape index (κ3) is 1.33.